The minimum absolute atomic E-state index is 0.160. The van der Waals surface area contributed by atoms with Crippen molar-refractivity contribution in [2.45, 2.75) is 12.7 Å². The fraction of sp³-hybridized carbons (Fsp3) is 0.188. The Bertz CT molecular complexity index is 1380. The van der Waals surface area contributed by atoms with Crippen LogP contribution in [0.4, 0.5) is 5.69 Å². The molecule has 0 radical (unpaired) electrons. The van der Waals surface area contributed by atoms with Crippen molar-refractivity contribution in [3.8, 4) is 17.2 Å². The van der Waals surface area contributed by atoms with Gasteiger partial charge >= 0.3 is 5.97 Å². The average Bonchev–Trinajstić information content (AvgIpc) is 2.98. The number of ether oxygens (including phenoxy) is 4. The van der Waals surface area contributed by atoms with Crippen LogP contribution in [0.5, 0.6) is 17.2 Å². The zero-order valence-electron chi connectivity index (χ0n) is 22.4. The molecule has 0 fully saturated rings. The lowest BCUT2D eigenvalue weighted by molar-refractivity contribution is 0.0279. The van der Waals surface area contributed by atoms with E-state index in [9.17, 15) is 9.59 Å². The van der Waals surface area contributed by atoms with Gasteiger partial charge in [-0.25, -0.2) is 4.79 Å². The highest BCUT2D eigenvalue weighted by Crippen LogP contribution is 2.39. The fourth-order valence-electron chi connectivity index (χ4n) is 4.02. The molecule has 0 saturated heterocycles. The molecule has 4 rings (SSSR count). The van der Waals surface area contributed by atoms with Crippen molar-refractivity contribution in [2.24, 2.45) is 0 Å². The molecule has 1 unspecified atom stereocenters. The largest absolute Gasteiger partial charge is 0.493 e. The third-order valence-corrected chi connectivity index (χ3v) is 6.16. The zero-order valence-corrected chi connectivity index (χ0v) is 22.4. The number of hydrogen-bond acceptors (Lipinski definition) is 7. The Morgan fingerprint density at radius 1 is 0.744 bits per heavy atom. The standard InChI is InChI=1S/C32H31NO6/c1-33(2)26-17-15-23(16-18-26)29(34)30(24-13-9-6-10-14-24)39-32(35)25-19-27(36-3)31(28(20-25)37-4)38-21-22-11-7-5-8-12-22/h5-20,30H,21H2,1-4H3. The molecule has 0 aromatic heterocycles. The maximum Gasteiger partial charge on any atom is 0.339 e. The van der Waals surface area contributed by atoms with Crippen LogP contribution in [0.1, 0.15) is 37.9 Å². The summed E-state index contributed by atoms with van der Waals surface area (Å²) in [6, 6.07) is 28.8. The molecule has 7 nitrogen and oxygen atoms in total. The molecule has 4 aromatic rings. The van der Waals surface area contributed by atoms with Gasteiger partial charge in [0.2, 0.25) is 11.5 Å². The molecule has 200 valence electrons. The van der Waals surface area contributed by atoms with E-state index in [1.54, 1.807) is 36.4 Å². The first-order valence-electron chi connectivity index (χ1n) is 12.4. The summed E-state index contributed by atoms with van der Waals surface area (Å²) in [7, 11) is 6.80. The molecule has 39 heavy (non-hydrogen) atoms. The Morgan fingerprint density at radius 2 is 1.31 bits per heavy atom. The van der Waals surface area contributed by atoms with Crippen molar-refractivity contribution in [1.82, 2.24) is 0 Å². The number of carbonyl (C=O) groups is 2. The molecule has 0 bridgehead atoms. The normalized spacial score (nSPS) is 11.3. The van der Waals surface area contributed by atoms with E-state index in [1.165, 1.54) is 26.4 Å². The van der Waals surface area contributed by atoms with E-state index in [0.717, 1.165) is 11.3 Å². The van der Waals surface area contributed by atoms with Gasteiger partial charge in [0.05, 0.1) is 19.8 Å². The molecule has 0 spiro atoms. The topological polar surface area (TPSA) is 74.3 Å². The molecular formula is C32H31NO6. The highest BCUT2D eigenvalue weighted by Gasteiger charge is 2.28. The Morgan fingerprint density at radius 3 is 1.85 bits per heavy atom. The lowest BCUT2D eigenvalue weighted by Crippen LogP contribution is -2.20. The highest BCUT2D eigenvalue weighted by molar-refractivity contribution is 6.02. The Hall–Kier alpha value is -4.78. The van der Waals surface area contributed by atoms with Crippen molar-refractivity contribution in [1.29, 1.82) is 0 Å². The average molecular weight is 526 g/mol. The summed E-state index contributed by atoms with van der Waals surface area (Å²) < 4.78 is 22.9. The molecule has 0 aliphatic carbocycles. The number of methoxy groups -OCH3 is 2. The van der Waals surface area contributed by atoms with Crippen molar-refractivity contribution in [2.75, 3.05) is 33.2 Å². The monoisotopic (exact) mass is 525 g/mol. The molecule has 0 amide bonds. The van der Waals surface area contributed by atoms with Crippen molar-refractivity contribution in [3.05, 3.63) is 119 Å². The van der Waals surface area contributed by atoms with Gasteiger partial charge in [-0.15, -0.1) is 0 Å². The Kier molecular flexibility index (Phi) is 8.84. The number of ketones is 1. The molecule has 0 N–H and O–H groups in total. The van der Waals surface area contributed by atoms with Crippen molar-refractivity contribution in [3.63, 3.8) is 0 Å². The van der Waals surface area contributed by atoms with Crippen LogP contribution < -0.4 is 19.1 Å². The third kappa shape index (κ3) is 6.57. The van der Waals surface area contributed by atoms with Gasteiger partial charge in [-0.05, 0) is 42.0 Å². The minimum atomic E-state index is -1.14. The van der Waals surface area contributed by atoms with Gasteiger partial charge in [-0.3, -0.25) is 4.79 Å². The molecule has 7 heteroatoms. The zero-order chi connectivity index (χ0) is 27.8. The van der Waals surface area contributed by atoms with Crippen LogP contribution in [0.3, 0.4) is 0 Å². The number of rotatable bonds is 11. The lowest BCUT2D eigenvalue weighted by atomic mass is 9.99. The number of anilines is 1. The van der Waals surface area contributed by atoms with Gasteiger partial charge in [0.25, 0.3) is 0 Å². The number of carbonyl (C=O) groups excluding carboxylic acids is 2. The van der Waals surface area contributed by atoms with Gasteiger partial charge < -0.3 is 23.8 Å². The summed E-state index contributed by atoms with van der Waals surface area (Å²) in [6.07, 6.45) is -1.14. The predicted molar refractivity (Wildman–Crippen MR) is 150 cm³/mol. The molecule has 0 aliphatic rings. The molecular weight excluding hydrogens is 494 g/mol. The molecule has 1 atom stereocenters. The molecule has 4 aromatic carbocycles. The van der Waals surface area contributed by atoms with Crippen LogP contribution >= 0.6 is 0 Å². The second-order valence-electron chi connectivity index (χ2n) is 8.99. The fourth-order valence-corrected chi connectivity index (χ4v) is 4.02. The summed E-state index contributed by atoms with van der Waals surface area (Å²) in [5, 5.41) is 0. The van der Waals surface area contributed by atoms with Crippen LogP contribution in [0.25, 0.3) is 0 Å². The first-order valence-corrected chi connectivity index (χ1v) is 12.4. The Labute approximate surface area is 228 Å². The van der Waals surface area contributed by atoms with Gasteiger partial charge in [-0.2, -0.15) is 0 Å². The number of hydrogen-bond donors (Lipinski definition) is 0. The van der Waals surface area contributed by atoms with Gasteiger partial charge in [0, 0.05) is 30.9 Å². The number of benzene rings is 4. The summed E-state index contributed by atoms with van der Waals surface area (Å²) in [5.41, 5.74) is 3.07. The van der Waals surface area contributed by atoms with Crippen molar-refractivity contribution < 1.29 is 28.5 Å². The van der Waals surface area contributed by atoms with Crippen LogP contribution in [0.2, 0.25) is 0 Å². The quantitative estimate of drug-likeness (QED) is 0.172. The van der Waals surface area contributed by atoms with Crippen LogP contribution in [0, 0.1) is 0 Å². The lowest BCUT2D eigenvalue weighted by Gasteiger charge is -2.20. The van der Waals surface area contributed by atoms with Crippen molar-refractivity contribution >= 4 is 17.4 Å². The minimum Gasteiger partial charge on any atom is -0.493 e. The maximum absolute atomic E-state index is 13.6. The number of esters is 1. The predicted octanol–water partition coefficient (Wildman–Crippen LogP) is 6.13. The van der Waals surface area contributed by atoms with Gasteiger partial charge in [0.1, 0.15) is 6.61 Å². The van der Waals surface area contributed by atoms with E-state index < -0.39 is 12.1 Å². The van der Waals surface area contributed by atoms with E-state index in [-0.39, 0.29) is 18.0 Å². The van der Waals surface area contributed by atoms with Crippen LogP contribution in [-0.4, -0.2) is 40.1 Å². The summed E-state index contributed by atoms with van der Waals surface area (Å²) in [4.78, 5) is 28.9. The summed E-state index contributed by atoms with van der Waals surface area (Å²) in [5.74, 6) is -0.0646. The highest BCUT2D eigenvalue weighted by atomic mass is 16.6. The van der Waals surface area contributed by atoms with E-state index in [0.29, 0.717) is 28.4 Å². The van der Waals surface area contributed by atoms with Crippen LogP contribution in [0.15, 0.2) is 97.1 Å². The van der Waals surface area contributed by atoms with E-state index in [1.807, 2.05) is 67.5 Å². The second-order valence-corrected chi connectivity index (χ2v) is 8.99. The van der Waals surface area contributed by atoms with Gasteiger partial charge in [0.15, 0.2) is 17.6 Å². The van der Waals surface area contributed by atoms with E-state index in [4.69, 9.17) is 18.9 Å². The Balaban J connectivity index is 1.62. The molecule has 0 saturated carbocycles. The first-order chi connectivity index (χ1) is 18.9. The first kappa shape index (κ1) is 27.3. The smallest absolute Gasteiger partial charge is 0.339 e. The number of Topliss-reactive ketones (excluding diaryl/α,β-unsaturated/α-hetero) is 1. The SMILES string of the molecule is COc1cc(C(=O)OC(C(=O)c2ccc(N(C)C)cc2)c2ccccc2)cc(OC)c1OCc1ccccc1. The second kappa shape index (κ2) is 12.6. The van der Waals surface area contributed by atoms with Crippen LogP contribution in [-0.2, 0) is 11.3 Å². The maximum atomic E-state index is 13.6. The third-order valence-electron chi connectivity index (χ3n) is 6.16. The van der Waals surface area contributed by atoms with E-state index in [2.05, 4.69) is 0 Å². The molecule has 0 heterocycles. The summed E-state index contributed by atoms with van der Waals surface area (Å²) in [6.45, 7) is 0.286. The molecule has 0 aliphatic heterocycles. The summed E-state index contributed by atoms with van der Waals surface area (Å²) >= 11 is 0. The van der Waals surface area contributed by atoms with Gasteiger partial charge in [-0.1, -0.05) is 60.7 Å². The number of nitrogens with zero attached hydrogens (tertiary/aromatic N) is 1. The van der Waals surface area contributed by atoms with E-state index >= 15 is 0 Å².